The first-order valence-corrected chi connectivity index (χ1v) is 9.56. The SMILES string of the molecule is CCCCOc1ccc(NC(=O)C(CC)Sc2ccc(N)cc2)cc1. The van der Waals surface area contributed by atoms with Crippen LogP contribution in [0.5, 0.6) is 5.75 Å². The van der Waals surface area contributed by atoms with Gasteiger partial charge in [-0.15, -0.1) is 11.8 Å². The zero-order valence-corrected chi connectivity index (χ0v) is 15.6. The Morgan fingerprint density at radius 2 is 1.80 bits per heavy atom. The van der Waals surface area contributed by atoms with Gasteiger partial charge in [-0.2, -0.15) is 0 Å². The summed E-state index contributed by atoms with van der Waals surface area (Å²) in [4.78, 5) is 13.6. The summed E-state index contributed by atoms with van der Waals surface area (Å²) in [5.41, 5.74) is 7.21. The molecule has 1 atom stereocenters. The zero-order chi connectivity index (χ0) is 18.1. The van der Waals surface area contributed by atoms with Crippen LogP contribution in [-0.4, -0.2) is 17.8 Å². The number of anilines is 2. The molecule has 0 fully saturated rings. The average Bonchev–Trinajstić information content (AvgIpc) is 2.63. The van der Waals surface area contributed by atoms with E-state index < -0.39 is 0 Å². The Morgan fingerprint density at radius 1 is 1.12 bits per heavy atom. The van der Waals surface area contributed by atoms with Crippen LogP contribution in [0.15, 0.2) is 53.4 Å². The van der Waals surface area contributed by atoms with E-state index in [-0.39, 0.29) is 11.2 Å². The van der Waals surface area contributed by atoms with E-state index >= 15 is 0 Å². The van der Waals surface area contributed by atoms with E-state index in [1.165, 1.54) is 0 Å². The molecule has 2 aromatic rings. The number of hydrogen-bond donors (Lipinski definition) is 2. The van der Waals surface area contributed by atoms with E-state index in [1.54, 1.807) is 11.8 Å². The van der Waals surface area contributed by atoms with Gasteiger partial charge in [0.1, 0.15) is 5.75 Å². The molecule has 2 rings (SSSR count). The lowest BCUT2D eigenvalue weighted by atomic mass is 10.2. The van der Waals surface area contributed by atoms with Crippen LogP contribution in [0.25, 0.3) is 0 Å². The maximum atomic E-state index is 12.5. The van der Waals surface area contributed by atoms with Crippen molar-refractivity contribution in [3.63, 3.8) is 0 Å². The molecule has 2 aromatic carbocycles. The molecule has 1 amide bonds. The van der Waals surface area contributed by atoms with Gasteiger partial charge in [0.2, 0.25) is 5.91 Å². The van der Waals surface area contributed by atoms with Gasteiger partial charge in [-0.3, -0.25) is 4.79 Å². The maximum absolute atomic E-state index is 12.5. The Balaban J connectivity index is 1.91. The second-order valence-corrected chi connectivity index (χ2v) is 7.08. The van der Waals surface area contributed by atoms with E-state index in [1.807, 2.05) is 55.5 Å². The summed E-state index contributed by atoms with van der Waals surface area (Å²) >= 11 is 1.55. The number of nitrogens with two attached hydrogens (primary N) is 1. The number of thioether (sulfide) groups is 1. The third kappa shape index (κ3) is 6.35. The molecule has 0 heterocycles. The molecule has 5 heteroatoms. The summed E-state index contributed by atoms with van der Waals surface area (Å²) in [5, 5.41) is 2.83. The molecule has 0 radical (unpaired) electrons. The molecule has 25 heavy (non-hydrogen) atoms. The Kier molecular flexibility index (Phi) is 7.67. The number of amides is 1. The van der Waals surface area contributed by atoms with Gasteiger partial charge >= 0.3 is 0 Å². The molecule has 3 N–H and O–H groups in total. The first-order chi connectivity index (χ1) is 12.1. The third-order valence-electron chi connectivity index (χ3n) is 3.71. The van der Waals surface area contributed by atoms with Crippen molar-refractivity contribution in [2.75, 3.05) is 17.7 Å². The molecule has 1 unspecified atom stereocenters. The van der Waals surface area contributed by atoms with Gasteiger partial charge in [0.15, 0.2) is 0 Å². The quantitative estimate of drug-likeness (QED) is 0.378. The molecule has 0 saturated heterocycles. The summed E-state index contributed by atoms with van der Waals surface area (Å²) in [6.07, 6.45) is 2.90. The van der Waals surface area contributed by atoms with Crippen LogP contribution in [0.3, 0.4) is 0 Å². The summed E-state index contributed by atoms with van der Waals surface area (Å²) in [6, 6.07) is 15.1. The largest absolute Gasteiger partial charge is 0.494 e. The first-order valence-electron chi connectivity index (χ1n) is 8.68. The van der Waals surface area contributed by atoms with Crippen molar-refractivity contribution >= 4 is 29.0 Å². The van der Waals surface area contributed by atoms with Crippen molar-refractivity contribution in [2.45, 2.75) is 43.3 Å². The van der Waals surface area contributed by atoms with Gasteiger partial charge in [-0.05, 0) is 61.4 Å². The normalized spacial score (nSPS) is 11.8. The number of hydrogen-bond acceptors (Lipinski definition) is 4. The molecular weight excluding hydrogens is 332 g/mol. The fourth-order valence-electron chi connectivity index (χ4n) is 2.22. The van der Waals surface area contributed by atoms with E-state index in [4.69, 9.17) is 10.5 Å². The highest BCUT2D eigenvalue weighted by Crippen LogP contribution is 2.27. The number of benzene rings is 2. The Labute approximate surface area is 154 Å². The van der Waals surface area contributed by atoms with E-state index in [0.29, 0.717) is 0 Å². The molecule has 0 bridgehead atoms. The van der Waals surface area contributed by atoms with Crippen LogP contribution in [0.4, 0.5) is 11.4 Å². The van der Waals surface area contributed by atoms with Crippen LogP contribution >= 0.6 is 11.8 Å². The lowest BCUT2D eigenvalue weighted by Crippen LogP contribution is -2.24. The Morgan fingerprint density at radius 3 is 2.40 bits per heavy atom. The predicted octanol–water partition coefficient (Wildman–Crippen LogP) is 4.96. The number of carbonyl (C=O) groups is 1. The molecule has 0 aliphatic heterocycles. The number of nitrogens with one attached hydrogen (secondary N) is 1. The average molecular weight is 359 g/mol. The van der Waals surface area contributed by atoms with Gasteiger partial charge in [-0.1, -0.05) is 20.3 Å². The molecule has 0 spiro atoms. The number of unbranched alkanes of at least 4 members (excludes halogenated alkanes) is 1. The van der Waals surface area contributed by atoms with Gasteiger partial charge in [0.25, 0.3) is 0 Å². The number of rotatable bonds is 9. The number of nitrogen functional groups attached to an aromatic ring is 1. The van der Waals surface area contributed by atoms with E-state index in [0.717, 1.165) is 47.9 Å². The number of carbonyl (C=O) groups excluding carboxylic acids is 1. The van der Waals surface area contributed by atoms with Crippen molar-refractivity contribution < 1.29 is 9.53 Å². The predicted molar refractivity (Wildman–Crippen MR) is 106 cm³/mol. The van der Waals surface area contributed by atoms with Crippen LogP contribution in [0.2, 0.25) is 0 Å². The van der Waals surface area contributed by atoms with Crippen LogP contribution in [0.1, 0.15) is 33.1 Å². The molecule has 0 aliphatic rings. The lowest BCUT2D eigenvalue weighted by Gasteiger charge is -2.15. The maximum Gasteiger partial charge on any atom is 0.237 e. The van der Waals surface area contributed by atoms with E-state index in [9.17, 15) is 4.79 Å². The lowest BCUT2D eigenvalue weighted by molar-refractivity contribution is -0.115. The molecule has 134 valence electrons. The fourth-order valence-corrected chi connectivity index (χ4v) is 3.18. The van der Waals surface area contributed by atoms with Gasteiger partial charge in [-0.25, -0.2) is 0 Å². The molecule has 0 aliphatic carbocycles. The van der Waals surface area contributed by atoms with Crippen molar-refractivity contribution in [3.05, 3.63) is 48.5 Å². The molecule has 4 nitrogen and oxygen atoms in total. The third-order valence-corrected chi connectivity index (χ3v) is 5.09. The van der Waals surface area contributed by atoms with Crippen LogP contribution in [0, 0.1) is 0 Å². The molecular formula is C20H26N2O2S. The fraction of sp³-hybridized carbons (Fsp3) is 0.350. The van der Waals surface area contributed by atoms with Crippen molar-refractivity contribution in [1.82, 2.24) is 0 Å². The minimum atomic E-state index is -0.149. The minimum absolute atomic E-state index is 0.00368. The Bertz CT molecular complexity index is 656. The summed E-state index contributed by atoms with van der Waals surface area (Å²) < 4.78 is 5.64. The van der Waals surface area contributed by atoms with Gasteiger partial charge in [0, 0.05) is 16.3 Å². The van der Waals surface area contributed by atoms with Crippen molar-refractivity contribution in [2.24, 2.45) is 0 Å². The second-order valence-electron chi connectivity index (χ2n) is 5.80. The Hall–Kier alpha value is -2.14. The standard InChI is InChI=1S/C20H26N2O2S/c1-3-5-14-24-17-10-8-16(9-11-17)22-20(23)19(4-2)25-18-12-6-15(21)7-13-18/h6-13,19H,3-5,14,21H2,1-2H3,(H,22,23). The van der Waals surface area contributed by atoms with Gasteiger partial charge in [0.05, 0.1) is 11.9 Å². The van der Waals surface area contributed by atoms with E-state index in [2.05, 4.69) is 12.2 Å². The van der Waals surface area contributed by atoms with Crippen LogP contribution < -0.4 is 15.8 Å². The highest BCUT2D eigenvalue weighted by molar-refractivity contribution is 8.00. The van der Waals surface area contributed by atoms with Gasteiger partial charge < -0.3 is 15.8 Å². The smallest absolute Gasteiger partial charge is 0.237 e. The summed E-state index contributed by atoms with van der Waals surface area (Å²) in [6.45, 7) is 4.87. The van der Waals surface area contributed by atoms with Crippen molar-refractivity contribution in [1.29, 1.82) is 0 Å². The first kappa shape index (κ1) is 19.2. The highest BCUT2D eigenvalue weighted by atomic mass is 32.2. The summed E-state index contributed by atoms with van der Waals surface area (Å²) in [5.74, 6) is 0.832. The molecule has 0 aromatic heterocycles. The highest BCUT2D eigenvalue weighted by Gasteiger charge is 2.18. The van der Waals surface area contributed by atoms with Crippen molar-refractivity contribution in [3.8, 4) is 5.75 Å². The topological polar surface area (TPSA) is 64.3 Å². The van der Waals surface area contributed by atoms with Crippen LogP contribution in [-0.2, 0) is 4.79 Å². The number of ether oxygens (including phenoxy) is 1. The second kappa shape index (κ2) is 9.99. The monoisotopic (exact) mass is 358 g/mol. The minimum Gasteiger partial charge on any atom is -0.494 e. The molecule has 0 saturated carbocycles. The zero-order valence-electron chi connectivity index (χ0n) is 14.8. The summed E-state index contributed by atoms with van der Waals surface area (Å²) in [7, 11) is 0.